The smallest absolute Gasteiger partial charge is 0.0802 e. The second kappa shape index (κ2) is 18.6. The van der Waals surface area contributed by atoms with Crippen LogP contribution in [0.5, 0.6) is 0 Å². The maximum absolute atomic E-state index is 8.55. The maximum Gasteiger partial charge on any atom is 0.0802 e. The van der Waals surface area contributed by atoms with Crippen molar-refractivity contribution in [1.29, 1.82) is 0 Å². The molecule has 0 aliphatic heterocycles. The van der Waals surface area contributed by atoms with Crippen LogP contribution in [0.1, 0.15) is 19.3 Å². The molecule has 0 aliphatic rings. The predicted octanol–water partition coefficient (Wildman–Crippen LogP) is -2.60. The monoisotopic (exact) mass is 449 g/mol. The summed E-state index contributed by atoms with van der Waals surface area (Å²) in [5.41, 5.74) is 0. The Bertz CT molecular complexity index is 335. The summed E-state index contributed by atoms with van der Waals surface area (Å²) < 4.78 is 11.4. The quantitative estimate of drug-likeness (QED) is 0.258. The van der Waals surface area contributed by atoms with Crippen LogP contribution in [0.3, 0.4) is 0 Å². The number of aliphatic hydroxyl groups is 3. The summed E-state index contributed by atoms with van der Waals surface area (Å²) in [4.78, 5) is 25.6. The summed E-state index contributed by atoms with van der Waals surface area (Å²) in [7, 11) is 13.7. The number of quaternary nitrogens is 3. The molecular weight excluding hydrogens is 401 g/mol. The van der Waals surface area contributed by atoms with Gasteiger partial charge in [0, 0.05) is 39.1 Å². The average molecular weight is 450 g/mol. The number of phosphoric acid groups is 1. The average Bonchev–Trinajstić information content (AvgIpc) is 2.46. The van der Waals surface area contributed by atoms with Crippen LogP contribution in [-0.4, -0.2) is 132 Å². The number of hydrogen-bond donors (Lipinski definition) is 3. The van der Waals surface area contributed by atoms with Crippen molar-refractivity contribution in [2.24, 2.45) is 0 Å². The molecule has 0 fully saturated rings. The molecule has 0 atom stereocenters. The van der Waals surface area contributed by atoms with Crippen molar-refractivity contribution >= 4 is 7.82 Å². The molecule has 3 N–H and O–H groups in total. The highest BCUT2D eigenvalue weighted by Crippen LogP contribution is 2.03. The normalized spacial score (nSPS) is 12.0. The Morgan fingerprint density at radius 3 is 0.724 bits per heavy atom. The fourth-order valence-electron chi connectivity index (χ4n) is 1.64. The number of rotatable bonds is 9. The van der Waals surface area contributed by atoms with Crippen LogP contribution in [-0.2, 0) is 4.57 Å². The molecule has 0 aromatic rings. The van der Waals surface area contributed by atoms with E-state index in [4.69, 9.17) is 34.6 Å². The van der Waals surface area contributed by atoms with Crippen LogP contribution in [0.2, 0.25) is 0 Å². The van der Waals surface area contributed by atoms with E-state index in [-0.39, 0.29) is 0 Å². The molecule has 0 spiro atoms. The fraction of sp³-hybridized carbons (Fsp3) is 1.00. The van der Waals surface area contributed by atoms with E-state index >= 15 is 0 Å². The van der Waals surface area contributed by atoms with E-state index in [1.807, 2.05) is 0 Å². The van der Waals surface area contributed by atoms with Crippen LogP contribution >= 0.6 is 7.82 Å². The standard InChI is InChI=1S/3C6H16NO.H3O4P/c3*1-7(2,3)5-4-6-8;1-5(2,3)4/h3*8H,4-6H2,1-3H3;(H3,1,2,3,4)/q3*+1;/p-3. The molecule has 29 heavy (non-hydrogen) atoms. The van der Waals surface area contributed by atoms with E-state index in [1.165, 1.54) is 0 Å². The molecule has 0 amide bonds. The number of aliphatic hydroxyl groups excluding tert-OH is 3. The zero-order chi connectivity index (χ0) is 24.4. The molecule has 11 heteroatoms. The van der Waals surface area contributed by atoms with Crippen molar-refractivity contribution in [3.63, 3.8) is 0 Å². The Labute approximate surface area is 178 Å². The van der Waals surface area contributed by atoms with Gasteiger partial charge in [0.2, 0.25) is 0 Å². The minimum Gasteiger partial charge on any atom is -0.822 e. The van der Waals surface area contributed by atoms with Gasteiger partial charge in [-0.3, -0.25) is 0 Å². The molecule has 0 heterocycles. The van der Waals surface area contributed by atoms with Gasteiger partial charge < -0.3 is 48.0 Å². The molecule has 0 aromatic heterocycles. The van der Waals surface area contributed by atoms with Crippen LogP contribution < -0.4 is 14.7 Å². The van der Waals surface area contributed by atoms with Crippen molar-refractivity contribution in [2.75, 3.05) is 103 Å². The van der Waals surface area contributed by atoms with Crippen molar-refractivity contribution in [3.05, 3.63) is 0 Å². The molecule has 0 rings (SSSR count). The van der Waals surface area contributed by atoms with E-state index in [9.17, 15) is 0 Å². The molecule has 0 bridgehead atoms. The van der Waals surface area contributed by atoms with Crippen molar-refractivity contribution < 1.29 is 48.0 Å². The van der Waals surface area contributed by atoms with Gasteiger partial charge in [0.05, 0.1) is 83.1 Å². The minimum atomic E-state index is -5.39. The molecule has 0 saturated heterocycles. The zero-order valence-corrected chi connectivity index (χ0v) is 21.0. The van der Waals surface area contributed by atoms with E-state index in [0.29, 0.717) is 19.8 Å². The number of hydrogen-bond acceptors (Lipinski definition) is 7. The second-order valence-corrected chi connectivity index (χ2v) is 10.6. The van der Waals surface area contributed by atoms with Gasteiger partial charge in [-0.05, 0) is 0 Å². The van der Waals surface area contributed by atoms with E-state index < -0.39 is 7.82 Å². The topological polar surface area (TPSA) is 147 Å². The summed E-state index contributed by atoms with van der Waals surface area (Å²) in [5, 5.41) is 25.3. The highest BCUT2D eigenvalue weighted by atomic mass is 31.2. The molecular formula is C18H48N3O7P. The van der Waals surface area contributed by atoms with Crippen LogP contribution in [0.15, 0.2) is 0 Å². The lowest BCUT2D eigenvalue weighted by Gasteiger charge is -2.36. The summed E-state index contributed by atoms with van der Waals surface area (Å²) >= 11 is 0. The van der Waals surface area contributed by atoms with Crippen LogP contribution in [0.25, 0.3) is 0 Å². The van der Waals surface area contributed by atoms with Gasteiger partial charge in [-0.15, -0.1) is 0 Å². The minimum absolute atomic E-state index is 0.315. The molecule has 0 saturated carbocycles. The molecule has 0 unspecified atom stereocenters. The number of nitrogens with zero attached hydrogens (tertiary/aromatic N) is 3. The lowest BCUT2D eigenvalue weighted by molar-refractivity contribution is -0.870. The first kappa shape index (κ1) is 36.3. The zero-order valence-electron chi connectivity index (χ0n) is 20.1. The first-order valence-electron chi connectivity index (χ1n) is 9.65. The predicted molar refractivity (Wildman–Crippen MR) is 111 cm³/mol. The van der Waals surface area contributed by atoms with Crippen LogP contribution in [0.4, 0.5) is 0 Å². The summed E-state index contributed by atoms with van der Waals surface area (Å²) in [5.74, 6) is 0. The summed E-state index contributed by atoms with van der Waals surface area (Å²) in [6.07, 6.45) is 2.72. The fourth-order valence-corrected chi connectivity index (χ4v) is 1.64. The first-order chi connectivity index (χ1) is 12.7. The van der Waals surface area contributed by atoms with Gasteiger partial charge in [-0.25, -0.2) is 0 Å². The first-order valence-corrected chi connectivity index (χ1v) is 11.1. The van der Waals surface area contributed by atoms with Crippen molar-refractivity contribution in [3.8, 4) is 0 Å². The summed E-state index contributed by atoms with van der Waals surface area (Å²) in [6, 6.07) is 0. The Kier molecular flexibility index (Phi) is 23.3. The highest BCUT2D eigenvalue weighted by molar-refractivity contribution is 7.40. The second-order valence-electron chi connectivity index (χ2n) is 9.72. The Hall–Kier alpha value is -0.130. The third-order valence-corrected chi connectivity index (χ3v) is 2.96. The molecule has 0 aromatic carbocycles. The van der Waals surface area contributed by atoms with E-state index in [0.717, 1.165) is 52.3 Å². The van der Waals surface area contributed by atoms with Gasteiger partial charge in [0.25, 0.3) is 0 Å². The Morgan fingerprint density at radius 2 is 0.690 bits per heavy atom. The van der Waals surface area contributed by atoms with Gasteiger partial charge in [-0.1, -0.05) is 0 Å². The largest absolute Gasteiger partial charge is 0.822 e. The van der Waals surface area contributed by atoms with E-state index in [2.05, 4.69) is 63.4 Å². The van der Waals surface area contributed by atoms with Gasteiger partial charge in [0.15, 0.2) is 0 Å². The Morgan fingerprint density at radius 1 is 0.552 bits per heavy atom. The van der Waals surface area contributed by atoms with Crippen molar-refractivity contribution in [1.82, 2.24) is 0 Å². The third kappa shape index (κ3) is 84.4. The van der Waals surface area contributed by atoms with Gasteiger partial charge in [-0.2, -0.15) is 7.82 Å². The Balaban J connectivity index is -0.000000146. The maximum atomic E-state index is 8.55. The molecule has 10 nitrogen and oxygen atoms in total. The SMILES string of the molecule is C[N+](C)(C)CCCO.C[N+](C)(C)CCCO.C[N+](C)(C)CCCO.O=P([O-])([O-])[O-]. The highest BCUT2D eigenvalue weighted by Gasteiger charge is 2.04. The van der Waals surface area contributed by atoms with Gasteiger partial charge in [0.1, 0.15) is 0 Å². The van der Waals surface area contributed by atoms with Crippen molar-refractivity contribution in [2.45, 2.75) is 19.3 Å². The van der Waals surface area contributed by atoms with Crippen LogP contribution in [0, 0.1) is 0 Å². The lowest BCUT2D eigenvalue weighted by atomic mass is 10.4. The molecule has 0 aliphatic carbocycles. The van der Waals surface area contributed by atoms with Gasteiger partial charge >= 0.3 is 0 Å². The van der Waals surface area contributed by atoms with E-state index in [1.54, 1.807) is 0 Å². The lowest BCUT2D eigenvalue weighted by Crippen LogP contribution is -2.35. The molecule has 0 radical (unpaired) electrons. The third-order valence-electron chi connectivity index (χ3n) is 2.96. The summed E-state index contributed by atoms with van der Waals surface area (Å²) in [6.45, 7) is 4.10. The molecule has 182 valence electrons.